The third-order valence-corrected chi connectivity index (χ3v) is 11.3. The van der Waals surface area contributed by atoms with Gasteiger partial charge in [-0.2, -0.15) is 0 Å². The fourth-order valence-corrected chi connectivity index (χ4v) is 8.91. The van der Waals surface area contributed by atoms with Gasteiger partial charge in [-0.25, -0.2) is 0 Å². The fraction of sp³-hybridized carbons (Fsp3) is 0. The molecule has 0 aromatic heterocycles. The molecule has 1 heterocycles. The van der Waals surface area contributed by atoms with Crippen LogP contribution >= 0.6 is 0 Å². The zero-order valence-corrected chi connectivity index (χ0v) is 30.6. The summed E-state index contributed by atoms with van der Waals surface area (Å²) in [5.74, 6) is 1.77. The van der Waals surface area contributed by atoms with Gasteiger partial charge in [-0.1, -0.05) is 157 Å². The summed E-state index contributed by atoms with van der Waals surface area (Å²) in [7, 11) is 0. The average Bonchev–Trinajstić information content (AvgIpc) is 3.41. The smallest absolute Gasteiger partial charge is 0.247 e. The second-order valence-electron chi connectivity index (χ2n) is 14.4. The summed E-state index contributed by atoms with van der Waals surface area (Å²) < 4.78 is 6.98. The number of benzene rings is 10. The molecule has 11 rings (SSSR count). The Balaban J connectivity index is 1.34. The second-order valence-corrected chi connectivity index (χ2v) is 14.4. The molecule has 1 aliphatic rings. The van der Waals surface area contributed by atoms with E-state index in [1.807, 2.05) is 0 Å². The minimum atomic E-state index is -0.0535. The normalized spacial score (nSPS) is 12.0. The molecule has 0 spiro atoms. The Morgan fingerprint density at radius 3 is 1.39 bits per heavy atom. The Morgan fingerprint density at radius 1 is 0.339 bits per heavy atom. The van der Waals surface area contributed by atoms with Gasteiger partial charge in [-0.15, -0.1) is 0 Å². The highest BCUT2D eigenvalue weighted by molar-refractivity contribution is 6.97. The summed E-state index contributed by atoms with van der Waals surface area (Å²) in [5.41, 5.74) is 10.2. The van der Waals surface area contributed by atoms with Crippen molar-refractivity contribution in [1.82, 2.24) is 0 Å². The first-order valence-electron chi connectivity index (χ1n) is 19.2. The van der Waals surface area contributed by atoms with Crippen molar-refractivity contribution < 1.29 is 4.74 Å². The minimum absolute atomic E-state index is 0.0535. The van der Waals surface area contributed by atoms with Gasteiger partial charge in [0.15, 0.2) is 0 Å². The lowest BCUT2D eigenvalue weighted by atomic mass is 9.36. The number of anilines is 6. The monoisotopic (exact) mass is 714 g/mol. The Hall–Kier alpha value is -7.30. The van der Waals surface area contributed by atoms with Crippen molar-refractivity contribution in [2.45, 2.75) is 0 Å². The van der Waals surface area contributed by atoms with Crippen LogP contribution in [0.1, 0.15) is 0 Å². The number of hydrogen-bond acceptors (Lipinski definition) is 3. The van der Waals surface area contributed by atoms with Crippen LogP contribution in [0.5, 0.6) is 11.5 Å². The molecule has 0 atom stereocenters. The van der Waals surface area contributed by atoms with E-state index in [1.54, 1.807) is 0 Å². The summed E-state index contributed by atoms with van der Waals surface area (Å²) in [6, 6.07) is 76.3. The van der Waals surface area contributed by atoms with E-state index in [4.69, 9.17) is 4.74 Å². The minimum Gasteiger partial charge on any atom is -0.457 e. The molecule has 10 aromatic rings. The summed E-state index contributed by atoms with van der Waals surface area (Å²) >= 11 is 0. The standard InChI is InChI=1S/C52H35BN2O/c1-6-18-37(19-7-1)53-44-28-16-17-29-48(44)56-49-33-31-36-30-32-42-46(54(38-20-8-2-9-21-38)39-22-10-3-11-23-39)35-47(43-34-45(53)52(49)50(36)51(42)43)55(40-24-12-4-13-25-40)41-26-14-5-15-27-41/h1-35H. The lowest BCUT2D eigenvalue weighted by Gasteiger charge is -2.33. The molecule has 56 heavy (non-hydrogen) atoms. The number of fused-ring (bicyclic) bond motifs is 1. The van der Waals surface area contributed by atoms with Gasteiger partial charge >= 0.3 is 0 Å². The summed E-state index contributed by atoms with van der Waals surface area (Å²) in [6.45, 7) is -0.0535. The van der Waals surface area contributed by atoms with E-state index in [-0.39, 0.29) is 6.71 Å². The van der Waals surface area contributed by atoms with Gasteiger partial charge in [-0.3, -0.25) is 0 Å². The van der Waals surface area contributed by atoms with Gasteiger partial charge in [0.2, 0.25) is 6.71 Å². The molecule has 1 aliphatic heterocycles. The predicted molar refractivity (Wildman–Crippen MR) is 237 cm³/mol. The maximum atomic E-state index is 6.98. The van der Waals surface area contributed by atoms with Crippen molar-refractivity contribution in [1.29, 1.82) is 0 Å². The number of nitrogens with zero attached hydrogens (tertiary/aromatic N) is 2. The van der Waals surface area contributed by atoms with Crippen LogP contribution in [0.25, 0.3) is 32.3 Å². The molecule has 0 saturated heterocycles. The van der Waals surface area contributed by atoms with Crippen LogP contribution < -0.4 is 30.9 Å². The fourth-order valence-electron chi connectivity index (χ4n) is 8.91. The maximum Gasteiger partial charge on any atom is 0.247 e. The summed E-state index contributed by atoms with van der Waals surface area (Å²) in [4.78, 5) is 4.83. The van der Waals surface area contributed by atoms with Gasteiger partial charge in [0.25, 0.3) is 0 Å². The Morgan fingerprint density at radius 2 is 0.821 bits per heavy atom. The third kappa shape index (κ3) is 5.15. The van der Waals surface area contributed by atoms with Crippen molar-refractivity contribution in [2.75, 3.05) is 9.80 Å². The van der Waals surface area contributed by atoms with Gasteiger partial charge in [-0.05, 0) is 77.6 Å². The molecule has 0 amide bonds. The molecule has 0 fully saturated rings. The van der Waals surface area contributed by atoms with Crippen molar-refractivity contribution in [3.8, 4) is 11.5 Å². The molecule has 262 valence electrons. The van der Waals surface area contributed by atoms with E-state index < -0.39 is 0 Å². The van der Waals surface area contributed by atoms with Crippen LogP contribution in [0.4, 0.5) is 34.1 Å². The topological polar surface area (TPSA) is 15.7 Å². The van der Waals surface area contributed by atoms with E-state index in [0.29, 0.717) is 0 Å². The molecular weight excluding hydrogens is 679 g/mol. The Labute approximate surface area is 326 Å². The molecule has 0 aliphatic carbocycles. The van der Waals surface area contributed by atoms with Crippen LogP contribution in [0.15, 0.2) is 212 Å². The van der Waals surface area contributed by atoms with Crippen LogP contribution in [-0.4, -0.2) is 6.71 Å². The molecule has 0 saturated carbocycles. The van der Waals surface area contributed by atoms with Crippen LogP contribution in [-0.2, 0) is 0 Å². The SMILES string of the molecule is c1ccc(B2c3ccccc3Oc3ccc4ccc5c(N(c6ccccc6)c6ccccc6)cc(N(c6ccccc6)c6ccccc6)c6cc2c3c4c56)cc1. The summed E-state index contributed by atoms with van der Waals surface area (Å²) in [5, 5.41) is 7.13. The molecule has 0 radical (unpaired) electrons. The molecule has 4 heteroatoms. The average molecular weight is 715 g/mol. The highest BCUT2D eigenvalue weighted by Crippen LogP contribution is 2.51. The first-order chi connectivity index (χ1) is 27.8. The van der Waals surface area contributed by atoms with Crippen molar-refractivity contribution in [3.05, 3.63) is 212 Å². The van der Waals surface area contributed by atoms with E-state index in [9.17, 15) is 0 Å². The quantitative estimate of drug-likeness (QED) is 0.121. The molecule has 3 nitrogen and oxygen atoms in total. The van der Waals surface area contributed by atoms with Gasteiger partial charge in [0, 0.05) is 49.7 Å². The van der Waals surface area contributed by atoms with Gasteiger partial charge < -0.3 is 14.5 Å². The number of para-hydroxylation sites is 5. The van der Waals surface area contributed by atoms with Gasteiger partial charge in [0.05, 0.1) is 11.4 Å². The number of rotatable bonds is 7. The van der Waals surface area contributed by atoms with Crippen LogP contribution in [0.3, 0.4) is 0 Å². The van der Waals surface area contributed by atoms with E-state index in [1.165, 1.54) is 37.9 Å². The molecule has 0 unspecified atom stereocenters. The Kier molecular flexibility index (Phi) is 7.60. The Bertz CT molecular complexity index is 2910. The number of hydrogen-bond donors (Lipinski definition) is 0. The molecule has 0 N–H and O–H groups in total. The highest BCUT2D eigenvalue weighted by Gasteiger charge is 2.34. The van der Waals surface area contributed by atoms with Crippen LogP contribution in [0.2, 0.25) is 0 Å². The van der Waals surface area contributed by atoms with E-state index in [0.717, 1.165) is 56.5 Å². The highest BCUT2D eigenvalue weighted by atomic mass is 16.5. The number of ether oxygens (including phenoxy) is 1. The molecular formula is C52H35BN2O. The summed E-state index contributed by atoms with van der Waals surface area (Å²) in [6.07, 6.45) is 0. The van der Waals surface area contributed by atoms with Crippen molar-refractivity contribution in [2.24, 2.45) is 0 Å². The van der Waals surface area contributed by atoms with Crippen molar-refractivity contribution in [3.63, 3.8) is 0 Å². The third-order valence-electron chi connectivity index (χ3n) is 11.3. The molecule has 10 aromatic carbocycles. The zero-order valence-electron chi connectivity index (χ0n) is 30.6. The second kappa shape index (κ2) is 13.2. The first-order valence-corrected chi connectivity index (χ1v) is 19.2. The zero-order chi connectivity index (χ0) is 37.0. The van der Waals surface area contributed by atoms with E-state index in [2.05, 4.69) is 222 Å². The largest absolute Gasteiger partial charge is 0.457 e. The predicted octanol–water partition coefficient (Wildman–Crippen LogP) is 12.1. The lowest BCUT2D eigenvalue weighted by Crippen LogP contribution is -2.51. The van der Waals surface area contributed by atoms with E-state index >= 15 is 0 Å². The van der Waals surface area contributed by atoms with Gasteiger partial charge in [0.1, 0.15) is 11.5 Å². The maximum absolute atomic E-state index is 6.98. The lowest BCUT2D eigenvalue weighted by molar-refractivity contribution is 0.493. The van der Waals surface area contributed by atoms with Crippen LogP contribution in [0, 0.1) is 0 Å². The first kappa shape index (κ1) is 32.2. The van der Waals surface area contributed by atoms with Crippen molar-refractivity contribution >= 4 is 89.5 Å². The molecule has 0 bridgehead atoms.